The van der Waals surface area contributed by atoms with E-state index in [0.29, 0.717) is 11.8 Å². The Morgan fingerprint density at radius 2 is 1.51 bits per heavy atom. The molecule has 0 aliphatic carbocycles. The molecule has 0 fully saturated rings. The van der Waals surface area contributed by atoms with Gasteiger partial charge in [-0.25, -0.2) is 4.98 Å². The van der Waals surface area contributed by atoms with Crippen molar-refractivity contribution in [2.24, 2.45) is 0 Å². The Morgan fingerprint density at radius 1 is 0.755 bits per heavy atom. The molecule has 4 aromatic carbocycles. The number of hydrogen-bond acceptors (Lipinski definition) is 4. The first kappa shape index (κ1) is 30.2. The van der Waals surface area contributed by atoms with Gasteiger partial charge in [-0.1, -0.05) is 87.2 Å². The molecule has 6 heteroatoms. The summed E-state index contributed by atoms with van der Waals surface area (Å²) in [7, 11) is 0. The van der Waals surface area contributed by atoms with Crippen LogP contribution in [0.3, 0.4) is 0 Å². The smallest absolute Gasteiger partial charge is 0.168 e. The van der Waals surface area contributed by atoms with Crippen molar-refractivity contribution in [1.82, 2.24) is 19.5 Å². The van der Waals surface area contributed by atoms with E-state index in [9.17, 15) is 0 Å². The molecule has 0 amide bonds. The van der Waals surface area contributed by atoms with Crippen LogP contribution in [0, 0.1) is 25.9 Å². The second-order valence-corrected chi connectivity index (χ2v) is 12.6. The molecular formula is C43H38IrN4O-2. The summed E-state index contributed by atoms with van der Waals surface area (Å²) >= 11 is 0. The minimum atomic E-state index is -2.09. The van der Waals surface area contributed by atoms with Gasteiger partial charge in [0.2, 0.25) is 0 Å². The maximum Gasteiger partial charge on any atom is 0.168 e. The molecular weight excluding hydrogens is 781 g/mol. The van der Waals surface area contributed by atoms with E-state index in [2.05, 4.69) is 92.7 Å². The van der Waals surface area contributed by atoms with Gasteiger partial charge in [-0.2, -0.15) is 0 Å². The summed E-state index contributed by atoms with van der Waals surface area (Å²) in [5, 5.41) is 2.16. The van der Waals surface area contributed by atoms with Crippen molar-refractivity contribution < 1.29 is 28.6 Å². The quantitative estimate of drug-likeness (QED) is 0.162. The standard InChI is InChI=1S/C31H28N3O.C12H10N.Ir/c1-18(2)21-11-8-12-22(19(3)4)28(21)34-26-16-20(5)17-32-30(26)33-31(34)25-14-9-13-24-23-10-6-7-15-27(23)35-29(24)25;1-10-7-8-12(13-9-10)11-5-3-2-4-6-11;/h6-13,15-19H,1-5H3;2-5,7-9H,1H3;/q2*-1;/i;1D3;. The van der Waals surface area contributed by atoms with Gasteiger partial charge in [-0.15, -0.1) is 54.1 Å². The number of rotatable bonds is 5. The largest absolute Gasteiger partial charge is 0.501 e. The number of nitrogens with zero attached hydrogens (tertiary/aromatic N) is 4. The van der Waals surface area contributed by atoms with Crippen molar-refractivity contribution in [3.05, 3.63) is 144 Å². The van der Waals surface area contributed by atoms with Crippen molar-refractivity contribution in [2.75, 3.05) is 0 Å². The molecule has 0 unspecified atom stereocenters. The molecule has 247 valence electrons. The maximum atomic E-state index is 7.23. The summed E-state index contributed by atoms with van der Waals surface area (Å²) in [4.78, 5) is 13.9. The Morgan fingerprint density at radius 3 is 2.20 bits per heavy atom. The molecule has 8 aromatic rings. The average Bonchev–Trinajstić information content (AvgIpc) is 3.70. The van der Waals surface area contributed by atoms with Gasteiger partial charge in [-0.3, -0.25) is 4.98 Å². The first-order valence-electron chi connectivity index (χ1n) is 17.8. The van der Waals surface area contributed by atoms with E-state index in [0.717, 1.165) is 61.3 Å². The minimum absolute atomic E-state index is 0. The molecule has 4 heterocycles. The van der Waals surface area contributed by atoms with Gasteiger partial charge in [0.05, 0.1) is 16.9 Å². The molecule has 5 nitrogen and oxygen atoms in total. The summed E-state index contributed by atoms with van der Waals surface area (Å²) in [6, 6.07) is 38.3. The number of aromatic nitrogens is 4. The van der Waals surface area contributed by atoms with Crippen molar-refractivity contribution in [2.45, 2.75) is 53.3 Å². The number of furan rings is 1. The number of benzene rings is 4. The summed E-state index contributed by atoms with van der Waals surface area (Å²) < 4.78 is 30.4. The number of para-hydroxylation sites is 2. The van der Waals surface area contributed by atoms with Gasteiger partial charge < -0.3 is 14.0 Å². The van der Waals surface area contributed by atoms with Crippen LogP contribution in [0.2, 0.25) is 0 Å². The fraction of sp³-hybridized carbons (Fsp3) is 0.186. The Balaban J connectivity index is 0.000000230. The molecule has 0 saturated heterocycles. The second-order valence-electron chi connectivity index (χ2n) is 12.6. The van der Waals surface area contributed by atoms with Gasteiger partial charge in [0.1, 0.15) is 5.58 Å². The van der Waals surface area contributed by atoms with Crippen LogP contribution in [0.4, 0.5) is 0 Å². The van der Waals surface area contributed by atoms with E-state index in [1.54, 1.807) is 18.2 Å². The first-order valence-corrected chi connectivity index (χ1v) is 16.3. The Kier molecular flexibility index (Phi) is 8.80. The van der Waals surface area contributed by atoms with E-state index in [-0.39, 0.29) is 25.7 Å². The van der Waals surface area contributed by atoms with Gasteiger partial charge in [0.25, 0.3) is 0 Å². The van der Waals surface area contributed by atoms with Crippen molar-refractivity contribution >= 4 is 33.1 Å². The zero-order valence-corrected chi connectivity index (χ0v) is 30.5. The summed E-state index contributed by atoms with van der Waals surface area (Å²) in [6.07, 6.45) is 3.27. The Hall–Kier alpha value is -4.90. The van der Waals surface area contributed by atoms with Gasteiger partial charge >= 0.3 is 0 Å². The number of pyridine rings is 2. The predicted molar refractivity (Wildman–Crippen MR) is 197 cm³/mol. The van der Waals surface area contributed by atoms with Crippen LogP contribution in [0.15, 0.2) is 114 Å². The van der Waals surface area contributed by atoms with Crippen LogP contribution in [0.5, 0.6) is 0 Å². The first-order chi connectivity index (χ1) is 24.5. The van der Waals surface area contributed by atoms with E-state index in [1.165, 1.54) is 23.0 Å². The van der Waals surface area contributed by atoms with E-state index in [1.807, 2.05) is 48.7 Å². The van der Waals surface area contributed by atoms with Crippen LogP contribution in [-0.2, 0) is 20.1 Å². The average molecular weight is 822 g/mol. The molecule has 1 radical (unpaired) electrons. The Bertz CT molecular complexity index is 2460. The molecule has 0 aliphatic rings. The summed E-state index contributed by atoms with van der Waals surface area (Å²) in [6.45, 7) is 8.97. The normalized spacial score (nSPS) is 12.4. The monoisotopic (exact) mass is 822 g/mol. The van der Waals surface area contributed by atoms with Crippen LogP contribution in [0.1, 0.15) is 65.9 Å². The van der Waals surface area contributed by atoms with E-state index >= 15 is 0 Å². The third-order valence-corrected chi connectivity index (χ3v) is 8.53. The zero-order valence-electron chi connectivity index (χ0n) is 31.1. The van der Waals surface area contributed by atoms with Crippen LogP contribution >= 0.6 is 0 Å². The molecule has 0 N–H and O–H groups in total. The molecule has 4 aromatic heterocycles. The van der Waals surface area contributed by atoms with Gasteiger partial charge in [-0.05, 0) is 65.7 Å². The fourth-order valence-electron chi connectivity index (χ4n) is 6.19. The van der Waals surface area contributed by atoms with Crippen molar-refractivity contribution in [3.63, 3.8) is 0 Å². The molecule has 0 saturated carbocycles. The van der Waals surface area contributed by atoms with Crippen LogP contribution < -0.4 is 0 Å². The van der Waals surface area contributed by atoms with Crippen LogP contribution in [0.25, 0.3) is 61.4 Å². The van der Waals surface area contributed by atoms with Gasteiger partial charge in [0, 0.05) is 47.7 Å². The fourth-order valence-corrected chi connectivity index (χ4v) is 6.19. The molecule has 0 spiro atoms. The third kappa shape index (κ3) is 6.59. The zero-order chi connectivity index (χ0) is 35.9. The molecule has 49 heavy (non-hydrogen) atoms. The molecule has 0 aliphatic heterocycles. The molecule has 0 atom stereocenters. The SMILES string of the molecule is Cc1cnc2nc(-c3[c-]ccc4c3oc3ccccc34)n(-c3c(C(C)C)cccc3C(C)C)c2c1.[2H]C([2H])([2H])c1ccc(-c2[c-]cccc2)nc1.[Ir]. The Labute approximate surface area is 305 Å². The summed E-state index contributed by atoms with van der Waals surface area (Å²) in [5.41, 5.74) is 10.9. The van der Waals surface area contributed by atoms with E-state index in [4.69, 9.17) is 18.5 Å². The second kappa shape index (κ2) is 14.3. The molecule has 0 bridgehead atoms. The van der Waals surface area contributed by atoms with Gasteiger partial charge in [0.15, 0.2) is 5.65 Å². The molecule has 8 rings (SSSR count). The minimum Gasteiger partial charge on any atom is -0.501 e. The number of aryl methyl sites for hydroxylation is 2. The predicted octanol–water partition coefficient (Wildman–Crippen LogP) is 11.2. The number of hydrogen-bond donors (Lipinski definition) is 0. The van der Waals surface area contributed by atoms with Crippen LogP contribution in [-0.4, -0.2) is 19.5 Å². The van der Waals surface area contributed by atoms with Crippen molar-refractivity contribution in [1.29, 1.82) is 0 Å². The van der Waals surface area contributed by atoms with E-state index < -0.39 is 6.85 Å². The number of imidazole rings is 1. The summed E-state index contributed by atoms with van der Waals surface area (Å²) in [5.74, 6) is 1.49. The third-order valence-electron chi connectivity index (χ3n) is 8.53. The van der Waals surface area contributed by atoms with Crippen molar-refractivity contribution in [3.8, 4) is 28.3 Å². The topological polar surface area (TPSA) is 56.7 Å². The number of fused-ring (bicyclic) bond motifs is 4. The maximum absolute atomic E-state index is 7.23.